The van der Waals surface area contributed by atoms with Gasteiger partial charge in [0.2, 0.25) is 0 Å². The van der Waals surface area contributed by atoms with Gasteiger partial charge in [-0.15, -0.1) is 11.8 Å². The Morgan fingerprint density at radius 1 is 1.67 bits per heavy atom. The average Bonchev–Trinajstić information content (AvgIpc) is 2.61. The molecule has 1 heterocycles. The van der Waals surface area contributed by atoms with Gasteiger partial charge >= 0.3 is 0 Å². The van der Waals surface area contributed by atoms with Gasteiger partial charge in [0.05, 0.1) is 10.3 Å². The number of nitrogens with one attached hydrogen (secondary N) is 1. The van der Waals surface area contributed by atoms with Gasteiger partial charge in [0, 0.05) is 18.2 Å². The second-order valence-corrected chi connectivity index (χ2v) is 6.76. The van der Waals surface area contributed by atoms with Gasteiger partial charge < -0.3 is 15.8 Å². The van der Waals surface area contributed by atoms with E-state index in [-0.39, 0.29) is 16.2 Å². The van der Waals surface area contributed by atoms with Crippen molar-refractivity contribution in [1.82, 2.24) is 5.32 Å². The lowest BCUT2D eigenvalue weighted by molar-refractivity contribution is 0.107. The smallest absolute Gasteiger partial charge is 0.178 e. The van der Waals surface area contributed by atoms with Crippen LogP contribution in [0.25, 0.3) is 0 Å². The molecule has 5 heteroatoms. The fourth-order valence-electron chi connectivity index (χ4n) is 1.13. The normalized spacial score (nSPS) is 23.0. The molecule has 0 aromatic rings. The minimum atomic E-state index is 0.0606. The fourth-order valence-corrected chi connectivity index (χ4v) is 2.09. The molecule has 1 rings (SSSR count). The van der Waals surface area contributed by atoms with Gasteiger partial charge in [0.1, 0.15) is 5.76 Å². The highest BCUT2D eigenvalue weighted by Crippen LogP contribution is 2.30. The molecule has 2 atom stereocenters. The van der Waals surface area contributed by atoms with Crippen LogP contribution in [0.3, 0.4) is 0 Å². The van der Waals surface area contributed by atoms with Gasteiger partial charge in [0.15, 0.2) is 6.23 Å². The first-order valence-corrected chi connectivity index (χ1v) is 6.63. The van der Waals surface area contributed by atoms with Crippen molar-refractivity contribution in [2.24, 2.45) is 11.1 Å². The molecule has 1 aliphatic rings. The molecule has 88 valence electrons. The first kappa shape index (κ1) is 13.1. The second kappa shape index (κ2) is 5.37. The number of thioether (sulfide) groups is 1. The van der Waals surface area contributed by atoms with Crippen molar-refractivity contribution in [2.45, 2.75) is 31.6 Å². The second-order valence-electron chi connectivity index (χ2n) is 4.56. The van der Waals surface area contributed by atoms with Crippen LogP contribution < -0.4 is 11.1 Å². The maximum Gasteiger partial charge on any atom is 0.178 e. The number of thiol groups is 1. The van der Waals surface area contributed by atoms with Crippen LogP contribution in [0.2, 0.25) is 0 Å². The van der Waals surface area contributed by atoms with Crippen molar-refractivity contribution in [3.05, 3.63) is 12.0 Å². The molecule has 0 saturated carbocycles. The van der Waals surface area contributed by atoms with E-state index in [9.17, 15) is 0 Å². The summed E-state index contributed by atoms with van der Waals surface area (Å²) in [5, 5.41) is 3.21. The number of rotatable bonds is 4. The Balaban J connectivity index is 2.29. The summed E-state index contributed by atoms with van der Waals surface area (Å²) in [7, 11) is 0. The highest BCUT2D eigenvalue weighted by atomic mass is 32.2. The number of nitrogens with two attached hydrogens (primary N) is 1. The summed E-state index contributed by atoms with van der Waals surface area (Å²) in [6.07, 6.45) is 2.02. The Kier molecular flexibility index (Phi) is 4.67. The van der Waals surface area contributed by atoms with Gasteiger partial charge in [-0.3, -0.25) is 0 Å². The van der Waals surface area contributed by atoms with E-state index >= 15 is 0 Å². The van der Waals surface area contributed by atoms with Crippen LogP contribution in [0.1, 0.15) is 20.8 Å². The SMILES string of the molecule is CC(C)(C)C1=CNC(CSC(S)CN)O1. The van der Waals surface area contributed by atoms with Crippen molar-refractivity contribution in [2.75, 3.05) is 12.3 Å². The quantitative estimate of drug-likeness (QED) is 0.524. The predicted molar refractivity (Wildman–Crippen MR) is 69.8 cm³/mol. The van der Waals surface area contributed by atoms with Crippen molar-refractivity contribution >= 4 is 24.4 Å². The first-order valence-electron chi connectivity index (χ1n) is 5.06. The molecular formula is C10H20N2OS2. The molecule has 1 aliphatic heterocycles. The van der Waals surface area contributed by atoms with E-state index in [1.165, 1.54) is 0 Å². The maximum absolute atomic E-state index is 5.78. The molecule has 3 N–H and O–H groups in total. The lowest BCUT2D eigenvalue weighted by atomic mass is 9.95. The molecule has 15 heavy (non-hydrogen) atoms. The van der Waals surface area contributed by atoms with Crippen molar-refractivity contribution in [3.63, 3.8) is 0 Å². The van der Waals surface area contributed by atoms with E-state index in [0.29, 0.717) is 6.54 Å². The Hall–Kier alpha value is -0.0000000000000000833. The number of allylic oxidation sites excluding steroid dienone is 1. The molecule has 2 unspecified atom stereocenters. The maximum atomic E-state index is 5.78. The molecule has 0 saturated heterocycles. The Bertz CT molecular complexity index is 238. The first-order chi connectivity index (χ1) is 6.93. The van der Waals surface area contributed by atoms with Crippen LogP contribution in [0.15, 0.2) is 12.0 Å². The fraction of sp³-hybridized carbons (Fsp3) is 0.800. The van der Waals surface area contributed by atoms with Crippen LogP contribution in [-0.4, -0.2) is 23.1 Å². The van der Waals surface area contributed by atoms with Gasteiger partial charge in [-0.1, -0.05) is 20.8 Å². The van der Waals surface area contributed by atoms with Crippen LogP contribution in [0, 0.1) is 5.41 Å². The van der Waals surface area contributed by atoms with Gasteiger partial charge in [0.25, 0.3) is 0 Å². The number of hydrogen-bond donors (Lipinski definition) is 3. The van der Waals surface area contributed by atoms with Crippen molar-refractivity contribution in [1.29, 1.82) is 0 Å². The molecule has 0 spiro atoms. The third-order valence-corrected chi connectivity index (χ3v) is 3.78. The van der Waals surface area contributed by atoms with Gasteiger partial charge in [-0.2, -0.15) is 12.6 Å². The van der Waals surface area contributed by atoms with E-state index in [0.717, 1.165) is 11.5 Å². The zero-order valence-electron chi connectivity index (χ0n) is 9.49. The average molecular weight is 248 g/mol. The number of ether oxygens (including phenoxy) is 1. The molecule has 0 aliphatic carbocycles. The van der Waals surface area contributed by atoms with Crippen molar-refractivity contribution < 1.29 is 4.74 Å². The van der Waals surface area contributed by atoms with Crippen LogP contribution >= 0.6 is 24.4 Å². The summed E-state index contributed by atoms with van der Waals surface area (Å²) >= 11 is 6.02. The molecule has 0 fully saturated rings. The zero-order valence-corrected chi connectivity index (χ0v) is 11.2. The minimum Gasteiger partial charge on any atom is -0.472 e. The highest BCUT2D eigenvalue weighted by molar-refractivity contribution is 8.10. The minimum absolute atomic E-state index is 0.0606. The highest BCUT2D eigenvalue weighted by Gasteiger charge is 2.26. The Morgan fingerprint density at radius 2 is 2.33 bits per heavy atom. The zero-order chi connectivity index (χ0) is 11.5. The summed E-state index contributed by atoms with van der Waals surface area (Å²) in [5.74, 6) is 1.87. The summed E-state index contributed by atoms with van der Waals surface area (Å²) < 4.78 is 5.96. The van der Waals surface area contributed by atoms with Crippen LogP contribution in [-0.2, 0) is 4.74 Å². The summed E-state index contributed by atoms with van der Waals surface area (Å²) in [6.45, 7) is 6.99. The van der Waals surface area contributed by atoms with E-state index in [1.54, 1.807) is 11.8 Å². The molecule has 0 aromatic carbocycles. The van der Waals surface area contributed by atoms with Crippen molar-refractivity contribution in [3.8, 4) is 0 Å². The standard InChI is InChI=1S/C10H20N2OS2/c1-10(2,3)7-5-12-8(13-7)6-15-9(14)4-11/h5,8-9,12,14H,4,6,11H2,1-3H3. The third-order valence-electron chi connectivity index (χ3n) is 2.05. The topological polar surface area (TPSA) is 47.3 Å². The van der Waals surface area contributed by atoms with Gasteiger partial charge in [-0.05, 0) is 0 Å². The molecule has 0 radical (unpaired) electrons. The Morgan fingerprint density at radius 3 is 2.80 bits per heavy atom. The van der Waals surface area contributed by atoms with E-state index in [4.69, 9.17) is 10.5 Å². The molecule has 0 amide bonds. The summed E-state index contributed by atoms with van der Waals surface area (Å²) in [6, 6.07) is 0. The summed E-state index contributed by atoms with van der Waals surface area (Å²) in [5.41, 5.74) is 5.55. The summed E-state index contributed by atoms with van der Waals surface area (Å²) in [4.78, 5) is 0. The van der Waals surface area contributed by atoms with Crippen LogP contribution in [0.5, 0.6) is 0 Å². The monoisotopic (exact) mass is 248 g/mol. The largest absolute Gasteiger partial charge is 0.472 e. The Labute approximate surface area is 102 Å². The predicted octanol–water partition coefficient (Wildman–Crippen LogP) is 1.77. The van der Waals surface area contributed by atoms with Crippen LogP contribution in [0.4, 0.5) is 0 Å². The molecule has 0 aromatic heterocycles. The molecular weight excluding hydrogens is 228 g/mol. The third kappa shape index (κ3) is 4.17. The van der Waals surface area contributed by atoms with Gasteiger partial charge in [-0.25, -0.2) is 0 Å². The van der Waals surface area contributed by atoms with E-state index < -0.39 is 0 Å². The lowest BCUT2D eigenvalue weighted by Gasteiger charge is -2.21. The van der Waals surface area contributed by atoms with E-state index in [2.05, 4.69) is 38.7 Å². The van der Waals surface area contributed by atoms with E-state index in [1.807, 2.05) is 6.20 Å². The lowest BCUT2D eigenvalue weighted by Crippen LogP contribution is -2.26. The molecule has 0 bridgehead atoms. The molecule has 3 nitrogen and oxygen atoms in total. The number of hydrogen-bond acceptors (Lipinski definition) is 5.